The summed E-state index contributed by atoms with van der Waals surface area (Å²) >= 11 is 1.51. The molecule has 0 bridgehead atoms. The van der Waals surface area contributed by atoms with Crippen molar-refractivity contribution < 1.29 is 0 Å². The first kappa shape index (κ1) is 8.18. The van der Waals surface area contributed by atoms with Crippen molar-refractivity contribution in [3.63, 3.8) is 0 Å². The first-order valence-corrected chi connectivity index (χ1v) is 4.67. The Labute approximate surface area is 79.4 Å². The third kappa shape index (κ3) is 2.03. The van der Waals surface area contributed by atoms with Crippen LogP contribution in [0.25, 0.3) is 0 Å². The second-order valence-electron chi connectivity index (χ2n) is 2.64. The quantitative estimate of drug-likeness (QED) is 0.776. The molecule has 0 aliphatic rings. The summed E-state index contributed by atoms with van der Waals surface area (Å²) in [5, 5.41) is 7.54. The Morgan fingerprint density at radius 2 is 2.46 bits per heavy atom. The van der Waals surface area contributed by atoms with Crippen molar-refractivity contribution in [1.82, 2.24) is 19.4 Å². The molecule has 0 atom stereocenters. The molecule has 0 radical (unpaired) electrons. The molecule has 0 spiro atoms. The fourth-order valence-corrected chi connectivity index (χ4v) is 1.58. The van der Waals surface area contributed by atoms with Crippen LogP contribution in [0.1, 0.15) is 4.88 Å². The Bertz CT molecular complexity index is 366. The highest BCUT2D eigenvalue weighted by molar-refractivity contribution is 7.05. The van der Waals surface area contributed by atoms with Gasteiger partial charge in [0.1, 0.15) is 0 Å². The third-order valence-corrected chi connectivity index (χ3v) is 2.44. The van der Waals surface area contributed by atoms with E-state index in [-0.39, 0.29) is 0 Å². The normalized spacial score (nSPS) is 10.5. The molecule has 0 amide bonds. The van der Waals surface area contributed by atoms with Crippen molar-refractivity contribution in [2.24, 2.45) is 0 Å². The zero-order chi connectivity index (χ0) is 9.10. The minimum atomic E-state index is 0.462. The number of nitrogens with zero attached hydrogens (tertiary/aromatic N) is 4. The maximum absolute atomic E-state index is 5.42. The van der Waals surface area contributed by atoms with Crippen LogP contribution in [-0.2, 0) is 13.0 Å². The van der Waals surface area contributed by atoms with Crippen LogP contribution >= 0.6 is 11.5 Å². The molecular formula is C7H9N5S. The van der Waals surface area contributed by atoms with Crippen molar-refractivity contribution in [2.75, 3.05) is 5.73 Å². The van der Waals surface area contributed by atoms with Crippen LogP contribution in [0.4, 0.5) is 5.82 Å². The predicted molar refractivity (Wildman–Crippen MR) is 50.3 cm³/mol. The number of aryl methyl sites for hydroxylation is 2. The van der Waals surface area contributed by atoms with E-state index in [1.807, 2.05) is 6.07 Å². The van der Waals surface area contributed by atoms with Crippen molar-refractivity contribution in [3.8, 4) is 0 Å². The van der Waals surface area contributed by atoms with Gasteiger partial charge in [0.25, 0.3) is 0 Å². The second-order valence-corrected chi connectivity index (χ2v) is 3.55. The largest absolute Gasteiger partial charge is 0.381 e. The standard InChI is InChI=1S/C7H9N5S/c8-7-5-12(11-10-7)4-2-6-1-3-9-13-6/h1,3,5H,2,4,8H2. The van der Waals surface area contributed by atoms with Crippen LogP contribution < -0.4 is 5.73 Å². The number of aromatic nitrogens is 4. The molecule has 2 aromatic heterocycles. The maximum Gasteiger partial charge on any atom is 0.165 e. The van der Waals surface area contributed by atoms with Crippen LogP contribution in [0, 0.1) is 0 Å². The van der Waals surface area contributed by atoms with E-state index in [4.69, 9.17) is 5.73 Å². The number of hydrogen-bond donors (Lipinski definition) is 1. The summed E-state index contributed by atoms with van der Waals surface area (Å²) < 4.78 is 5.74. The fraction of sp³-hybridized carbons (Fsp3) is 0.286. The average Bonchev–Trinajstić information content (AvgIpc) is 2.71. The molecule has 2 aromatic rings. The highest BCUT2D eigenvalue weighted by Gasteiger charge is 1.98. The van der Waals surface area contributed by atoms with Gasteiger partial charge in [-0.15, -0.1) is 5.10 Å². The first-order valence-electron chi connectivity index (χ1n) is 3.90. The van der Waals surface area contributed by atoms with E-state index in [2.05, 4.69) is 14.7 Å². The summed E-state index contributed by atoms with van der Waals surface area (Å²) in [6.45, 7) is 0.798. The van der Waals surface area contributed by atoms with E-state index >= 15 is 0 Å². The zero-order valence-electron chi connectivity index (χ0n) is 6.92. The van der Waals surface area contributed by atoms with E-state index < -0.39 is 0 Å². The second kappa shape index (κ2) is 3.53. The zero-order valence-corrected chi connectivity index (χ0v) is 7.74. The Hall–Kier alpha value is -1.43. The Morgan fingerprint density at radius 1 is 1.54 bits per heavy atom. The van der Waals surface area contributed by atoms with Gasteiger partial charge in [0.2, 0.25) is 0 Å². The molecule has 2 N–H and O–H groups in total. The van der Waals surface area contributed by atoms with E-state index in [9.17, 15) is 0 Å². The lowest BCUT2D eigenvalue weighted by Crippen LogP contribution is -2.00. The molecule has 0 aliphatic heterocycles. The summed E-state index contributed by atoms with van der Waals surface area (Å²) in [6, 6.07) is 2.00. The SMILES string of the molecule is Nc1cn(CCc2ccns2)nn1. The van der Waals surface area contributed by atoms with Gasteiger partial charge in [-0.25, -0.2) is 9.06 Å². The maximum atomic E-state index is 5.42. The van der Waals surface area contributed by atoms with E-state index in [0.717, 1.165) is 13.0 Å². The van der Waals surface area contributed by atoms with Crippen molar-refractivity contribution in [2.45, 2.75) is 13.0 Å². The van der Waals surface area contributed by atoms with Crippen molar-refractivity contribution in [3.05, 3.63) is 23.3 Å². The average molecular weight is 195 g/mol. The molecule has 68 valence electrons. The monoisotopic (exact) mass is 195 g/mol. The predicted octanol–water partition coefficient (Wildman–Crippen LogP) is 0.560. The number of anilines is 1. The molecule has 6 heteroatoms. The fourth-order valence-electron chi connectivity index (χ4n) is 1.02. The first-order chi connectivity index (χ1) is 6.34. The van der Waals surface area contributed by atoms with Gasteiger partial charge < -0.3 is 5.73 Å². The van der Waals surface area contributed by atoms with E-state index in [1.54, 1.807) is 17.1 Å². The Balaban J connectivity index is 1.93. The minimum absolute atomic E-state index is 0.462. The lowest BCUT2D eigenvalue weighted by Gasteiger charge is -1.95. The summed E-state index contributed by atoms with van der Waals surface area (Å²) in [7, 11) is 0. The molecule has 13 heavy (non-hydrogen) atoms. The molecular weight excluding hydrogens is 186 g/mol. The lowest BCUT2D eigenvalue weighted by molar-refractivity contribution is 0.592. The highest BCUT2D eigenvalue weighted by atomic mass is 32.1. The van der Waals surface area contributed by atoms with Crippen LogP contribution in [0.5, 0.6) is 0 Å². The summed E-state index contributed by atoms with van der Waals surface area (Å²) in [6.07, 6.45) is 4.45. The topological polar surface area (TPSA) is 69.6 Å². The van der Waals surface area contributed by atoms with Gasteiger partial charge in [-0.3, -0.25) is 0 Å². The lowest BCUT2D eigenvalue weighted by atomic mass is 10.3. The summed E-state index contributed by atoms with van der Waals surface area (Å²) in [5.74, 6) is 0.462. The molecule has 2 heterocycles. The molecule has 0 fully saturated rings. The molecule has 0 saturated heterocycles. The number of nitrogens with two attached hydrogens (primary N) is 1. The molecule has 5 nitrogen and oxygen atoms in total. The highest BCUT2D eigenvalue weighted by Crippen LogP contribution is 2.06. The van der Waals surface area contributed by atoms with Gasteiger partial charge >= 0.3 is 0 Å². The van der Waals surface area contributed by atoms with E-state index in [0.29, 0.717) is 5.82 Å². The van der Waals surface area contributed by atoms with Gasteiger partial charge in [-0.2, -0.15) is 0 Å². The summed E-state index contributed by atoms with van der Waals surface area (Å²) in [4.78, 5) is 1.24. The molecule has 2 rings (SSSR count). The van der Waals surface area contributed by atoms with Gasteiger partial charge in [0, 0.05) is 24.0 Å². The van der Waals surface area contributed by atoms with Crippen LogP contribution in [0.3, 0.4) is 0 Å². The van der Waals surface area contributed by atoms with Gasteiger partial charge in [0.15, 0.2) is 5.82 Å². The van der Waals surface area contributed by atoms with Gasteiger partial charge in [-0.1, -0.05) is 5.21 Å². The molecule has 0 saturated carbocycles. The molecule has 0 aliphatic carbocycles. The van der Waals surface area contributed by atoms with Crippen LogP contribution in [0.15, 0.2) is 18.5 Å². The Morgan fingerprint density at radius 3 is 3.08 bits per heavy atom. The van der Waals surface area contributed by atoms with Crippen molar-refractivity contribution in [1.29, 1.82) is 0 Å². The van der Waals surface area contributed by atoms with Crippen molar-refractivity contribution >= 4 is 17.4 Å². The van der Waals surface area contributed by atoms with Gasteiger partial charge in [0.05, 0.1) is 6.20 Å². The molecule has 0 unspecified atom stereocenters. The smallest absolute Gasteiger partial charge is 0.165 e. The van der Waals surface area contributed by atoms with E-state index in [1.165, 1.54) is 16.4 Å². The number of rotatable bonds is 3. The number of hydrogen-bond acceptors (Lipinski definition) is 5. The van der Waals surface area contributed by atoms with Crippen LogP contribution in [-0.4, -0.2) is 19.4 Å². The third-order valence-electron chi connectivity index (χ3n) is 1.63. The summed E-state index contributed by atoms with van der Waals surface area (Å²) in [5.41, 5.74) is 5.42. The Kier molecular flexibility index (Phi) is 2.22. The van der Waals surface area contributed by atoms with Crippen LogP contribution in [0.2, 0.25) is 0 Å². The molecule has 0 aromatic carbocycles. The minimum Gasteiger partial charge on any atom is -0.381 e. The number of nitrogen functional groups attached to an aromatic ring is 1. The van der Waals surface area contributed by atoms with Gasteiger partial charge in [-0.05, 0) is 17.6 Å².